The lowest BCUT2D eigenvalue weighted by Crippen LogP contribution is -2.29. The van der Waals surface area contributed by atoms with Crippen molar-refractivity contribution >= 4 is 23.2 Å². The Hall–Kier alpha value is -3.32. The van der Waals surface area contributed by atoms with Crippen LogP contribution in [-0.4, -0.2) is 31.9 Å². The van der Waals surface area contributed by atoms with Gasteiger partial charge in [0.25, 0.3) is 0 Å². The topological polar surface area (TPSA) is 81.5 Å². The maximum Gasteiger partial charge on any atom is 0.347 e. The number of aromatic nitrogens is 4. The summed E-state index contributed by atoms with van der Waals surface area (Å²) >= 11 is 6.58. The quantitative estimate of drug-likeness (QED) is 0.288. The van der Waals surface area contributed by atoms with Crippen LogP contribution in [0.3, 0.4) is 0 Å². The van der Waals surface area contributed by atoms with E-state index < -0.39 is 12.1 Å². The molecule has 0 bridgehead atoms. The highest BCUT2D eigenvalue weighted by Gasteiger charge is 2.25. The van der Waals surface area contributed by atoms with Gasteiger partial charge in [-0.3, -0.25) is 5.10 Å². The van der Waals surface area contributed by atoms with Crippen LogP contribution in [0.1, 0.15) is 62.1 Å². The minimum Gasteiger partial charge on any atom is -0.478 e. The van der Waals surface area contributed by atoms with E-state index >= 15 is 0 Å². The fraction of sp³-hybridized carbons (Fsp3) is 0.393. The Kier molecular flexibility index (Phi) is 7.14. The molecule has 0 fully saturated rings. The Morgan fingerprint density at radius 3 is 2.50 bits per heavy atom. The minimum absolute atomic E-state index is 0.131. The van der Waals surface area contributed by atoms with Gasteiger partial charge in [-0.15, -0.1) is 5.10 Å². The van der Waals surface area contributed by atoms with Gasteiger partial charge >= 0.3 is 5.97 Å². The van der Waals surface area contributed by atoms with E-state index in [2.05, 4.69) is 36.0 Å². The molecule has 4 rings (SSSR count). The molecular weight excluding hydrogens is 476 g/mol. The molecule has 1 N–H and O–H groups in total. The second-order valence-electron chi connectivity index (χ2n) is 10.3. The molecule has 0 spiro atoms. The van der Waals surface area contributed by atoms with Crippen LogP contribution in [0.5, 0.6) is 5.75 Å². The molecule has 0 saturated heterocycles. The molecule has 2 heterocycles. The van der Waals surface area contributed by atoms with E-state index in [1.54, 1.807) is 4.63 Å². The number of carbonyl (C=O) groups excluding carboxylic acids is 1. The van der Waals surface area contributed by atoms with E-state index in [9.17, 15) is 4.79 Å². The molecule has 0 aliphatic heterocycles. The predicted molar refractivity (Wildman–Crippen MR) is 142 cm³/mol. The minimum atomic E-state index is -0.676. The molecule has 8 heteroatoms. The van der Waals surface area contributed by atoms with E-state index in [0.717, 1.165) is 33.5 Å². The third-order valence-corrected chi connectivity index (χ3v) is 6.56. The summed E-state index contributed by atoms with van der Waals surface area (Å²) in [7, 11) is 0. The summed E-state index contributed by atoms with van der Waals surface area (Å²) in [6, 6.07) is 11.8. The van der Waals surface area contributed by atoms with Gasteiger partial charge in [-0.25, -0.2) is 9.78 Å². The molecule has 0 radical (unpaired) electrons. The van der Waals surface area contributed by atoms with Gasteiger partial charge in [-0.05, 0) is 56.0 Å². The molecule has 2 aromatic heterocycles. The van der Waals surface area contributed by atoms with E-state index in [4.69, 9.17) is 21.1 Å². The SMILES string of the molecule is CCC(Oc1ccc(C)cc1C)C(=O)OCc1cc(-c2nc3c(Cl)c(C(C)(C)C)[nH]n3n2)ccc1C. The van der Waals surface area contributed by atoms with Crippen molar-refractivity contribution in [1.29, 1.82) is 0 Å². The lowest BCUT2D eigenvalue weighted by molar-refractivity contribution is -0.153. The number of hydrogen-bond acceptors (Lipinski definition) is 5. The first-order chi connectivity index (χ1) is 17.0. The van der Waals surface area contributed by atoms with Crippen molar-refractivity contribution in [3.63, 3.8) is 0 Å². The number of rotatable bonds is 7. The van der Waals surface area contributed by atoms with Gasteiger partial charge in [-0.2, -0.15) is 4.63 Å². The summed E-state index contributed by atoms with van der Waals surface area (Å²) in [5, 5.41) is 8.38. The first kappa shape index (κ1) is 25.8. The molecule has 36 heavy (non-hydrogen) atoms. The number of aromatic amines is 1. The summed E-state index contributed by atoms with van der Waals surface area (Å²) in [6.07, 6.45) is -0.169. The van der Waals surface area contributed by atoms with Gasteiger partial charge in [0.05, 0.1) is 5.69 Å². The number of hydrogen-bond donors (Lipinski definition) is 1. The summed E-state index contributed by atoms with van der Waals surface area (Å²) in [6.45, 7) is 14.2. The molecule has 1 unspecified atom stereocenters. The molecule has 1 atom stereocenters. The van der Waals surface area contributed by atoms with Crippen molar-refractivity contribution in [1.82, 2.24) is 19.8 Å². The number of H-pyrrole nitrogens is 1. The van der Waals surface area contributed by atoms with Gasteiger partial charge in [0, 0.05) is 11.0 Å². The monoisotopic (exact) mass is 508 g/mol. The van der Waals surface area contributed by atoms with Gasteiger partial charge in [-0.1, -0.05) is 69.1 Å². The van der Waals surface area contributed by atoms with Crippen LogP contribution < -0.4 is 4.74 Å². The second-order valence-corrected chi connectivity index (χ2v) is 10.6. The van der Waals surface area contributed by atoms with E-state index in [1.807, 2.05) is 64.1 Å². The molecule has 7 nitrogen and oxygen atoms in total. The Morgan fingerprint density at radius 1 is 1.11 bits per heavy atom. The molecule has 0 amide bonds. The van der Waals surface area contributed by atoms with Crippen molar-refractivity contribution in [3.05, 3.63) is 69.4 Å². The largest absolute Gasteiger partial charge is 0.478 e. The van der Waals surface area contributed by atoms with Gasteiger partial charge < -0.3 is 9.47 Å². The standard InChI is InChI=1S/C28H33ClN4O3/c1-8-21(36-22-12-9-16(2)13-18(22)4)27(34)35-15-20-14-19(11-10-17(20)3)25-30-26-23(29)24(28(5,6)7)31-33(26)32-25/h9-14,21,31H,8,15H2,1-7H3. The van der Waals surface area contributed by atoms with Crippen LogP contribution in [0, 0.1) is 20.8 Å². The third-order valence-electron chi connectivity index (χ3n) is 6.20. The number of fused-ring (bicyclic) bond motifs is 1. The van der Waals surface area contributed by atoms with Crippen LogP contribution in [0.15, 0.2) is 36.4 Å². The van der Waals surface area contributed by atoms with Crippen molar-refractivity contribution in [2.45, 2.75) is 73.0 Å². The molecule has 4 aromatic rings. The highest BCUT2D eigenvalue weighted by molar-refractivity contribution is 6.34. The fourth-order valence-electron chi connectivity index (χ4n) is 4.01. The van der Waals surface area contributed by atoms with E-state index in [1.165, 1.54) is 0 Å². The van der Waals surface area contributed by atoms with Crippen LogP contribution in [0.4, 0.5) is 0 Å². The second kappa shape index (κ2) is 9.97. The lowest BCUT2D eigenvalue weighted by atomic mass is 9.92. The maximum absolute atomic E-state index is 12.8. The number of ether oxygens (including phenoxy) is 2. The predicted octanol–water partition coefficient (Wildman–Crippen LogP) is 6.50. The zero-order valence-electron chi connectivity index (χ0n) is 21.9. The number of halogens is 1. The van der Waals surface area contributed by atoms with E-state index in [0.29, 0.717) is 28.7 Å². The Bertz CT molecular complexity index is 1410. The fourth-order valence-corrected chi connectivity index (χ4v) is 4.46. The summed E-state index contributed by atoms with van der Waals surface area (Å²) in [5.74, 6) is 0.843. The average Bonchev–Trinajstić information content (AvgIpc) is 3.37. The zero-order chi connectivity index (χ0) is 26.2. The Balaban J connectivity index is 1.50. The molecule has 2 aromatic carbocycles. The molecule has 0 aliphatic carbocycles. The smallest absolute Gasteiger partial charge is 0.347 e. The molecule has 0 aliphatic rings. The number of nitrogens with zero attached hydrogens (tertiary/aromatic N) is 3. The molecule has 190 valence electrons. The first-order valence-electron chi connectivity index (χ1n) is 12.1. The number of nitrogens with one attached hydrogen (secondary N) is 1. The number of benzene rings is 2. The highest BCUT2D eigenvalue weighted by atomic mass is 35.5. The van der Waals surface area contributed by atoms with Crippen LogP contribution >= 0.6 is 11.6 Å². The average molecular weight is 509 g/mol. The number of aryl methyl sites for hydroxylation is 3. The van der Waals surface area contributed by atoms with Crippen LogP contribution in [0.2, 0.25) is 5.02 Å². The maximum atomic E-state index is 12.8. The lowest BCUT2D eigenvalue weighted by Gasteiger charge is -2.18. The van der Waals surface area contributed by atoms with Gasteiger partial charge in [0.2, 0.25) is 0 Å². The summed E-state index contributed by atoms with van der Waals surface area (Å²) < 4.78 is 13.3. The third kappa shape index (κ3) is 5.26. The van der Waals surface area contributed by atoms with Gasteiger partial charge in [0.1, 0.15) is 17.4 Å². The summed E-state index contributed by atoms with van der Waals surface area (Å²) in [4.78, 5) is 17.5. The number of esters is 1. The van der Waals surface area contributed by atoms with Crippen molar-refractivity contribution in [3.8, 4) is 17.1 Å². The van der Waals surface area contributed by atoms with Gasteiger partial charge in [0.15, 0.2) is 17.6 Å². The van der Waals surface area contributed by atoms with Crippen LogP contribution in [-0.2, 0) is 21.6 Å². The normalized spacial score (nSPS) is 12.7. The Labute approximate surface area is 216 Å². The zero-order valence-corrected chi connectivity index (χ0v) is 22.7. The number of carbonyl (C=O) groups is 1. The van der Waals surface area contributed by atoms with Crippen molar-refractivity contribution < 1.29 is 14.3 Å². The molecular formula is C28H33ClN4O3. The summed E-state index contributed by atoms with van der Waals surface area (Å²) in [5.41, 5.74) is 6.15. The highest BCUT2D eigenvalue weighted by Crippen LogP contribution is 2.32. The van der Waals surface area contributed by atoms with Crippen LogP contribution in [0.25, 0.3) is 17.0 Å². The first-order valence-corrected chi connectivity index (χ1v) is 12.5. The van der Waals surface area contributed by atoms with E-state index in [-0.39, 0.29) is 12.0 Å². The Morgan fingerprint density at radius 2 is 1.86 bits per heavy atom. The van der Waals surface area contributed by atoms with Crippen molar-refractivity contribution in [2.24, 2.45) is 0 Å². The molecule has 0 saturated carbocycles. The van der Waals surface area contributed by atoms with Crippen molar-refractivity contribution in [2.75, 3.05) is 0 Å².